The SMILES string of the molecule is Cc1nc(COc2cccc(/C=C/C(=O)NCC3(c4cccc(Cl)c4)CCOCC3)c2)cs1. The fourth-order valence-corrected chi connectivity index (χ4v) is 4.76. The average Bonchev–Trinajstić information content (AvgIpc) is 3.26. The Morgan fingerprint density at radius 2 is 2.06 bits per heavy atom. The summed E-state index contributed by atoms with van der Waals surface area (Å²) in [5, 5.41) is 6.81. The van der Waals surface area contributed by atoms with E-state index >= 15 is 0 Å². The Morgan fingerprint density at radius 3 is 2.82 bits per heavy atom. The van der Waals surface area contributed by atoms with Crippen molar-refractivity contribution in [3.63, 3.8) is 0 Å². The van der Waals surface area contributed by atoms with E-state index in [9.17, 15) is 4.79 Å². The molecule has 0 unspecified atom stereocenters. The number of amides is 1. The summed E-state index contributed by atoms with van der Waals surface area (Å²) in [5.74, 6) is 0.609. The smallest absolute Gasteiger partial charge is 0.244 e. The fourth-order valence-electron chi connectivity index (χ4n) is 3.97. The van der Waals surface area contributed by atoms with Gasteiger partial charge in [0.15, 0.2) is 0 Å². The molecule has 1 aliphatic heterocycles. The maximum absolute atomic E-state index is 12.6. The van der Waals surface area contributed by atoms with E-state index in [1.807, 2.05) is 54.8 Å². The van der Waals surface area contributed by atoms with Crippen LogP contribution in [0.1, 0.15) is 34.7 Å². The molecule has 7 heteroatoms. The van der Waals surface area contributed by atoms with E-state index in [2.05, 4.69) is 16.4 Å². The largest absolute Gasteiger partial charge is 0.487 e. The molecule has 0 radical (unpaired) electrons. The maximum atomic E-state index is 12.6. The highest BCUT2D eigenvalue weighted by Gasteiger charge is 2.34. The summed E-state index contributed by atoms with van der Waals surface area (Å²) >= 11 is 7.84. The monoisotopic (exact) mass is 482 g/mol. The van der Waals surface area contributed by atoms with Gasteiger partial charge in [0.1, 0.15) is 12.4 Å². The number of thiazole rings is 1. The highest BCUT2D eigenvalue weighted by atomic mass is 35.5. The number of hydrogen-bond acceptors (Lipinski definition) is 5. The molecule has 2 heterocycles. The number of ether oxygens (including phenoxy) is 2. The van der Waals surface area contributed by atoms with Crippen LogP contribution in [0.25, 0.3) is 6.08 Å². The molecule has 1 fully saturated rings. The first-order valence-corrected chi connectivity index (χ1v) is 12.2. The van der Waals surface area contributed by atoms with Gasteiger partial charge in [0.25, 0.3) is 0 Å². The number of aromatic nitrogens is 1. The van der Waals surface area contributed by atoms with E-state index in [0.717, 1.165) is 40.4 Å². The van der Waals surface area contributed by atoms with Crippen LogP contribution in [0.4, 0.5) is 0 Å². The number of nitrogens with zero attached hydrogens (tertiary/aromatic N) is 1. The van der Waals surface area contributed by atoms with Gasteiger partial charge in [-0.2, -0.15) is 0 Å². The third-order valence-electron chi connectivity index (χ3n) is 5.83. The summed E-state index contributed by atoms with van der Waals surface area (Å²) < 4.78 is 11.4. The summed E-state index contributed by atoms with van der Waals surface area (Å²) in [6.45, 7) is 4.28. The van der Waals surface area contributed by atoms with E-state index in [4.69, 9.17) is 21.1 Å². The number of nitrogens with one attached hydrogen (secondary N) is 1. The zero-order valence-electron chi connectivity index (χ0n) is 18.6. The predicted molar refractivity (Wildman–Crippen MR) is 133 cm³/mol. The van der Waals surface area contributed by atoms with Crippen LogP contribution in [-0.4, -0.2) is 30.6 Å². The lowest BCUT2D eigenvalue weighted by Gasteiger charge is -2.38. The standard InChI is InChI=1S/C26H27ClN2O3S/c1-19-29-23(17-33-19)16-32-24-7-2-4-20(14-24)8-9-25(30)28-18-26(10-12-31-13-11-26)21-5-3-6-22(27)15-21/h2-9,14-15,17H,10-13,16,18H2,1H3,(H,28,30)/b9-8+. The Kier molecular flexibility index (Phi) is 7.81. The summed E-state index contributed by atoms with van der Waals surface area (Å²) in [5.41, 5.74) is 2.78. The quantitative estimate of drug-likeness (QED) is 0.427. The van der Waals surface area contributed by atoms with Crippen molar-refractivity contribution in [3.8, 4) is 5.75 Å². The lowest BCUT2D eigenvalue weighted by Crippen LogP contribution is -2.44. The normalized spacial score (nSPS) is 15.5. The van der Waals surface area contributed by atoms with Crippen molar-refractivity contribution < 1.29 is 14.3 Å². The van der Waals surface area contributed by atoms with Gasteiger partial charge < -0.3 is 14.8 Å². The van der Waals surface area contributed by atoms with Crippen molar-refractivity contribution in [1.82, 2.24) is 10.3 Å². The van der Waals surface area contributed by atoms with Crippen molar-refractivity contribution in [2.45, 2.75) is 31.8 Å². The van der Waals surface area contributed by atoms with Crippen LogP contribution in [-0.2, 0) is 21.6 Å². The number of aryl methyl sites for hydroxylation is 1. The molecule has 0 spiro atoms. The Bertz CT molecular complexity index is 1120. The molecule has 1 aromatic heterocycles. The van der Waals surface area contributed by atoms with E-state index in [-0.39, 0.29) is 11.3 Å². The van der Waals surface area contributed by atoms with Crippen molar-refractivity contribution in [3.05, 3.63) is 86.8 Å². The molecular formula is C26H27ClN2O3S. The molecule has 1 N–H and O–H groups in total. The molecule has 0 aliphatic carbocycles. The van der Waals surface area contributed by atoms with Gasteiger partial charge in [0.05, 0.1) is 10.7 Å². The number of carbonyl (C=O) groups excluding carboxylic acids is 1. The maximum Gasteiger partial charge on any atom is 0.244 e. The molecule has 0 atom stereocenters. The van der Waals surface area contributed by atoms with Crippen molar-refractivity contribution in [1.29, 1.82) is 0 Å². The zero-order valence-corrected chi connectivity index (χ0v) is 20.1. The van der Waals surface area contributed by atoms with Crippen LogP contribution in [0.3, 0.4) is 0 Å². The van der Waals surface area contributed by atoms with Crippen LogP contribution in [0.2, 0.25) is 5.02 Å². The summed E-state index contributed by atoms with van der Waals surface area (Å²) in [4.78, 5) is 17.0. The minimum atomic E-state index is -0.172. The van der Waals surface area contributed by atoms with Crippen LogP contribution in [0.5, 0.6) is 5.75 Å². The van der Waals surface area contributed by atoms with Crippen LogP contribution >= 0.6 is 22.9 Å². The first-order chi connectivity index (χ1) is 16.0. The molecule has 0 bridgehead atoms. The van der Waals surface area contributed by atoms with E-state index in [1.165, 1.54) is 0 Å². The second-order valence-corrected chi connectivity index (χ2v) is 9.67. The lowest BCUT2D eigenvalue weighted by molar-refractivity contribution is -0.116. The molecule has 1 saturated heterocycles. The summed E-state index contributed by atoms with van der Waals surface area (Å²) in [6, 6.07) is 15.6. The number of hydrogen-bond donors (Lipinski definition) is 1. The van der Waals surface area contributed by atoms with Gasteiger partial charge in [-0.1, -0.05) is 35.9 Å². The van der Waals surface area contributed by atoms with Gasteiger partial charge in [-0.15, -0.1) is 11.3 Å². The minimum absolute atomic E-state index is 0.132. The van der Waals surface area contributed by atoms with E-state index in [0.29, 0.717) is 31.4 Å². The lowest BCUT2D eigenvalue weighted by atomic mass is 9.74. The first-order valence-electron chi connectivity index (χ1n) is 11.0. The summed E-state index contributed by atoms with van der Waals surface area (Å²) in [6.07, 6.45) is 5.05. The first kappa shape index (κ1) is 23.5. The van der Waals surface area contributed by atoms with Gasteiger partial charge in [-0.25, -0.2) is 4.98 Å². The van der Waals surface area contributed by atoms with Crippen molar-refractivity contribution in [2.75, 3.05) is 19.8 Å². The number of rotatable bonds is 8. The second-order valence-electron chi connectivity index (χ2n) is 8.17. The van der Waals surface area contributed by atoms with Crippen molar-refractivity contribution in [2.24, 2.45) is 0 Å². The van der Waals surface area contributed by atoms with Crippen LogP contribution in [0.15, 0.2) is 60.0 Å². The predicted octanol–water partition coefficient (Wildman–Crippen LogP) is 5.56. The Hall–Kier alpha value is -2.67. The molecule has 3 aromatic rings. The molecule has 33 heavy (non-hydrogen) atoms. The molecule has 5 nitrogen and oxygen atoms in total. The van der Waals surface area contributed by atoms with Gasteiger partial charge in [0, 0.05) is 41.7 Å². The third kappa shape index (κ3) is 6.44. The number of carbonyl (C=O) groups is 1. The Balaban J connectivity index is 1.36. The molecule has 0 saturated carbocycles. The topological polar surface area (TPSA) is 60.5 Å². The minimum Gasteiger partial charge on any atom is -0.487 e. The zero-order chi connectivity index (χ0) is 23.1. The number of benzene rings is 2. The highest BCUT2D eigenvalue weighted by Crippen LogP contribution is 2.35. The Morgan fingerprint density at radius 1 is 1.24 bits per heavy atom. The van der Waals surface area contributed by atoms with E-state index in [1.54, 1.807) is 23.5 Å². The van der Waals surface area contributed by atoms with E-state index < -0.39 is 0 Å². The molecule has 1 aliphatic rings. The molecule has 2 aromatic carbocycles. The van der Waals surface area contributed by atoms with Crippen LogP contribution in [0, 0.1) is 6.92 Å². The molecule has 172 valence electrons. The third-order valence-corrected chi connectivity index (χ3v) is 6.88. The molecule has 4 rings (SSSR count). The molecule has 1 amide bonds. The van der Waals surface area contributed by atoms with Gasteiger partial charge >= 0.3 is 0 Å². The van der Waals surface area contributed by atoms with Gasteiger partial charge in [-0.05, 0) is 61.2 Å². The number of halogens is 1. The van der Waals surface area contributed by atoms with Crippen LogP contribution < -0.4 is 10.1 Å². The fraction of sp³-hybridized carbons (Fsp3) is 0.308. The second kappa shape index (κ2) is 11.0. The van der Waals surface area contributed by atoms with Crippen molar-refractivity contribution >= 4 is 34.9 Å². The molecular weight excluding hydrogens is 456 g/mol. The Labute approximate surface area is 203 Å². The average molecular weight is 483 g/mol. The summed E-state index contributed by atoms with van der Waals surface area (Å²) in [7, 11) is 0. The highest BCUT2D eigenvalue weighted by molar-refractivity contribution is 7.09. The van der Waals surface area contributed by atoms with Gasteiger partial charge in [-0.3, -0.25) is 4.79 Å². The van der Waals surface area contributed by atoms with Gasteiger partial charge in [0.2, 0.25) is 5.91 Å².